The predicted molar refractivity (Wildman–Crippen MR) is 117 cm³/mol. The molecule has 1 saturated heterocycles. The Kier molecular flexibility index (Phi) is 4.85. The fourth-order valence-corrected chi connectivity index (χ4v) is 3.89. The summed E-state index contributed by atoms with van der Waals surface area (Å²) in [6, 6.07) is 19.8. The molecule has 1 fully saturated rings. The molecule has 0 spiro atoms. The zero-order chi connectivity index (χ0) is 20.3. The maximum atomic E-state index is 12.7. The van der Waals surface area contributed by atoms with Crippen LogP contribution in [0.25, 0.3) is 22.3 Å². The molecule has 150 valence electrons. The minimum absolute atomic E-state index is 0.0152. The van der Waals surface area contributed by atoms with E-state index in [2.05, 4.69) is 30.2 Å². The number of rotatable bonds is 4. The number of H-pyrrole nitrogens is 1. The molecule has 2 aromatic carbocycles. The summed E-state index contributed by atoms with van der Waals surface area (Å²) < 4.78 is 0. The lowest BCUT2D eigenvalue weighted by Crippen LogP contribution is -2.38. The molecule has 0 bridgehead atoms. The van der Waals surface area contributed by atoms with Crippen LogP contribution in [0, 0.1) is 5.92 Å². The molecule has 2 N–H and O–H groups in total. The molecular formula is C23H22N6O. The van der Waals surface area contributed by atoms with Crippen molar-refractivity contribution < 1.29 is 4.79 Å². The monoisotopic (exact) mass is 398 g/mol. The number of carbonyl (C=O) groups excluding carboxylic acids is 1. The second-order valence-electron chi connectivity index (χ2n) is 7.48. The number of amides is 1. The van der Waals surface area contributed by atoms with Crippen LogP contribution in [0.15, 0.2) is 67.0 Å². The van der Waals surface area contributed by atoms with Crippen LogP contribution in [-0.2, 0) is 4.79 Å². The van der Waals surface area contributed by atoms with Crippen LogP contribution in [0.3, 0.4) is 0 Å². The Morgan fingerprint density at radius 2 is 1.77 bits per heavy atom. The normalized spacial score (nSPS) is 14.7. The van der Waals surface area contributed by atoms with Gasteiger partial charge in [-0.1, -0.05) is 42.5 Å². The summed E-state index contributed by atoms with van der Waals surface area (Å²) in [5.41, 5.74) is 3.74. The van der Waals surface area contributed by atoms with Gasteiger partial charge in [-0.25, -0.2) is 15.0 Å². The Morgan fingerprint density at radius 1 is 1.00 bits per heavy atom. The van der Waals surface area contributed by atoms with Gasteiger partial charge < -0.3 is 9.88 Å². The van der Waals surface area contributed by atoms with Gasteiger partial charge >= 0.3 is 0 Å². The molecule has 5 rings (SSSR count). The number of carbonyl (C=O) groups is 1. The third kappa shape index (κ3) is 3.74. The first-order chi connectivity index (χ1) is 14.8. The fourth-order valence-electron chi connectivity index (χ4n) is 3.89. The van der Waals surface area contributed by atoms with Crippen molar-refractivity contribution in [2.45, 2.75) is 12.8 Å². The van der Waals surface area contributed by atoms with Crippen molar-refractivity contribution in [3.63, 3.8) is 0 Å². The fraction of sp³-hybridized carbons (Fsp3) is 0.217. The summed E-state index contributed by atoms with van der Waals surface area (Å²) >= 11 is 0. The molecule has 0 saturated carbocycles. The lowest BCUT2D eigenvalue weighted by atomic mass is 9.96. The molecule has 0 aliphatic carbocycles. The number of hydrogen-bond donors (Lipinski definition) is 2. The summed E-state index contributed by atoms with van der Waals surface area (Å²) in [5.74, 6) is 1.39. The minimum atomic E-state index is -0.0371. The van der Waals surface area contributed by atoms with Gasteiger partial charge in [0.05, 0.1) is 16.7 Å². The van der Waals surface area contributed by atoms with Crippen molar-refractivity contribution in [1.29, 1.82) is 0 Å². The van der Waals surface area contributed by atoms with Gasteiger partial charge in [0.2, 0.25) is 11.9 Å². The summed E-state index contributed by atoms with van der Waals surface area (Å²) in [6.07, 6.45) is 3.16. The topological polar surface area (TPSA) is 86.8 Å². The molecule has 0 atom stereocenters. The third-order valence-corrected chi connectivity index (χ3v) is 5.54. The molecule has 2 aromatic heterocycles. The standard InChI is InChI=1S/C23H22N6O/c30-22(28-23-26-18-8-4-5-9-19(18)27-23)17-10-12-29(13-11-17)21-14-20(24-15-25-21)16-6-2-1-3-7-16/h1-9,14-15,17H,10-13H2,(H2,26,27,28,30). The number of nitrogens with zero attached hydrogens (tertiary/aromatic N) is 4. The summed E-state index contributed by atoms with van der Waals surface area (Å²) in [4.78, 5) is 31.4. The van der Waals surface area contributed by atoms with Crippen molar-refractivity contribution in [3.8, 4) is 11.3 Å². The van der Waals surface area contributed by atoms with Crippen LogP contribution in [-0.4, -0.2) is 38.9 Å². The van der Waals surface area contributed by atoms with Gasteiger partial charge in [0, 0.05) is 30.6 Å². The Hall–Kier alpha value is -3.74. The maximum Gasteiger partial charge on any atom is 0.229 e. The lowest BCUT2D eigenvalue weighted by Gasteiger charge is -2.32. The Labute approximate surface area is 174 Å². The number of imidazole rings is 1. The van der Waals surface area contributed by atoms with Gasteiger partial charge in [0.1, 0.15) is 12.1 Å². The van der Waals surface area contributed by atoms with E-state index in [0.717, 1.165) is 54.0 Å². The Bertz CT molecular complexity index is 1130. The molecular weight excluding hydrogens is 376 g/mol. The van der Waals surface area contributed by atoms with E-state index in [1.807, 2.05) is 60.7 Å². The molecule has 0 radical (unpaired) electrons. The first-order valence-electron chi connectivity index (χ1n) is 10.1. The minimum Gasteiger partial charge on any atom is -0.356 e. The molecule has 3 heterocycles. The highest BCUT2D eigenvalue weighted by molar-refractivity contribution is 5.92. The average Bonchev–Trinajstić information content (AvgIpc) is 3.22. The number of benzene rings is 2. The van der Waals surface area contributed by atoms with E-state index in [-0.39, 0.29) is 11.8 Å². The molecule has 1 amide bonds. The number of fused-ring (bicyclic) bond motifs is 1. The molecule has 0 unspecified atom stereocenters. The Balaban J connectivity index is 1.22. The SMILES string of the molecule is O=C(Nc1nc2ccccc2[nH]1)C1CCN(c2cc(-c3ccccc3)ncn2)CC1. The van der Waals surface area contributed by atoms with E-state index in [0.29, 0.717) is 5.95 Å². The zero-order valence-corrected chi connectivity index (χ0v) is 16.5. The van der Waals surface area contributed by atoms with Crippen LogP contribution in [0.4, 0.5) is 11.8 Å². The van der Waals surface area contributed by atoms with E-state index in [4.69, 9.17) is 0 Å². The highest BCUT2D eigenvalue weighted by atomic mass is 16.2. The van der Waals surface area contributed by atoms with E-state index >= 15 is 0 Å². The second-order valence-corrected chi connectivity index (χ2v) is 7.48. The van der Waals surface area contributed by atoms with E-state index in [1.54, 1.807) is 6.33 Å². The van der Waals surface area contributed by atoms with Gasteiger partial charge in [-0.2, -0.15) is 0 Å². The predicted octanol–water partition coefficient (Wildman–Crippen LogP) is 3.88. The number of nitrogens with one attached hydrogen (secondary N) is 2. The second kappa shape index (κ2) is 7.94. The van der Waals surface area contributed by atoms with Crippen molar-refractivity contribution in [2.75, 3.05) is 23.3 Å². The van der Waals surface area contributed by atoms with Crippen molar-refractivity contribution in [2.24, 2.45) is 5.92 Å². The molecule has 7 nitrogen and oxygen atoms in total. The van der Waals surface area contributed by atoms with E-state index in [1.165, 1.54) is 0 Å². The zero-order valence-electron chi connectivity index (χ0n) is 16.5. The number of aromatic nitrogens is 4. The van der Waals surface area contributed by atoms with Crippen LogP contribution >= 0.6 is 0 Å². The lowest BCUT2D eigenvalue weighted by molar-refractivity contribution is -0.120. The van der Waals surface area contributed by atoms with E-state index < -0.39 is 0 Å². The van der Waals surface area contributed by atoms with Crippen LogP contribution in [0.1, 0.15) is 12.8 Å². The quantitative estimate of drug-likeness (QED) is 0.545. The largest absolute Gasteiger partial charge is 0.356 e. The number of anilines is 2. The summed E-state index contributed by atoms with van der Waals surface area (Å²) in [6.45, 7) is 1.56. The molecule has 7 heteroatoms. The van der Waals surface area contributed by atoms with E-state index in [9.17, 15) is 4.79 Å². The van der Waals surface area contributed by atoms with Gasteiger partial charge in [-0.15, -0.1) is 0 Å². The number of aromatic amines is 1. The smallest absolute Gasteiger partial charge is 0.229 e. The average molecular weight is 398 g/mol. The highest BCUT2D eigenvalue weighted by Crippen LogP contribution is 2.26. The van der Waals surface area contributed by atoms with Crippen molar-refractivity contribution >= 4 is 28.7 Å². The highest BCUT2D eigenvalue weighted by Gasteiger charge is 2.26. The van der Waals surface area contributed by atoms with Gasteiger partial charge in [-0.3, -0.25) is 10.1 Å². The summed E-state index contributed by atoms with van der Waals surface area (Å²) in [7, 11) is 0. The molecule has 1 aliphatic heterocycles. The molecule has 30 heavy (non-hydrogen) atoms. The Morgan fingerprint density at radius 3 is 2.57 bits per heavy atom. The maximum absolute atomic E-state index is 12.7. The number of hydrogen-bond acceptors (Lipinski definition) is 5. The molecule has 1 aliphatic rings. The first-order valence-corrected chi connectivity index (χ1v) is 10.1. The number of piperidine rings is 1. The van der Waals surface area contributed by atoms with Gasteiger partial charge in [0.25, 0.3) is 0 Å². The van der Waals surface area contributed by atoms with Crippen molar-refractivity contribution in [3.05, 3.63) is 67.0 Å². The van der Waals surface area contributed by atoms with Crippen molar-refractivity contribution in [1.82, 2.24) is 19.9 Å². The molecule has 4 aromatic rings. The number of para-hydroxylation sites is 2. The van der Waals surface area contributed by atoms with Crippen LogP contribution in [0.5, 0.6) is 0 Å². The van der Waals surface area contributed by atoms with Crippen LogP contribution in [0.2, 0.25) is 0 Å². The third-order valence-electron chi connectivity index (χ3n) is 5.54. The van der Waals surface area contributed by atoms with Crippen LogP contribution < -0.4 is 10.2 Å². The van der Waals surface area contributed by atoms with Gasteiger partial charge in [0.15, 0.2) is 0 Å². The first kappa shape index (κ1) is 18.3. The van der Waals surface area contributed by atoms with Gasteiger partial charge in [-0.05, 0) is 25.0 Å². The summed E-state index contributed by atoms with van der Waals surface area (Å²) in [5, 5.41) is 2.94.